The van der Waals surface area contributed by atoms with Crippen molar-refractivity contribution in [3.8, 4) is 11.5 Å². The lowest BCUT2D eigenvalue weighted by atomic mass is 10.1. The van der Waals surface area contributed by atoms with Gasteiger partial charge in [-0.25, -0.2) is 0 Å². The van der Waals surface area contributed by atoms with Gasteiger partial charge in [-0.05, 0) is 22.0 Å². The van der Waals surface area contributed by atoms with Crippen LogP contribution in [0.5, 0.6) is 11.5 Å². The molecular weight excluding hydrogens is 303 g/mol. The number of halogens is 4. The zero-order valence-electron chi connectivity index (χ0n) is 9.14. The van der Waals surface area contributed by atoms with Gasteiger partial charge in [-0.2, -0.15) is 13.2 Å². The summed E-state index contributed by atoms with van der Waals surface area (Å²) < 4.78 is 47.8. The number of hydrogen-bond acceptors (Lipinski definition) is 3. The van der Waals surface area contributed by atoms with Crippen molar-refractivity contribution in [3.63, 3.8) is 0 Å². The van der Waals surface area contributed by atoms with Gasteiger partial charge in [0.15, 0.2) is 0 Å². The predicted molar refractivity (Wildman–Crippen MR) is 60.2 cm³/mol. The molecule has 0 amide bonds. The monoisotopic (exact) mass is 313 g/mol. The maximum atomic E-state index is 12.5. The molecule has 0 aliphatic rings. The van der Waals surface area contributed by atoms with Crippen molar-refractivity contribution in [3.05, 3.63) is 22.2 Å². The topological polar surface area (TPSA) is 44.5 Å². The minimum Gasteiger partial charge on any atom is -0.496 e. The fourth-order valence-electron chi connectivity index (χ4n) is 1.30. The molecule has 0 saturated carbocycles. The Bertz CT molecular complexity index is 409. The summed E-state index contributed by atoms with van der Waals surface area (Å²) in [6.07, 6.45) is -4.53. The first-order chi connectivity index (χ1) is 7.81. The molecule has 0 aliphatic heterocycles. The quantitative estimate of drug-likeness (QED) is 0.933. The number of alkyl halides is 3. The van der Waals surface area contributed by atoms with Crippen molar-refractivity contribution in [2.45, 2.75) is 12.2 Å². The maximum absolute atomic E-state index is 12.5. The van der Waals surface area contributed by atoms with E-state index in [0.29, 0.717) is 10.2 Å². The Morgan fingerprint density at radius 2 is 1.71 bits per heavy atom. The molecule has 7 heteroatoms. The highest BCUT2D eigenvalue weighted by atomic mass is 79.9. The van der Waals surface area contributed by atoms with E-state index in [9.17, 15) is 13.2 Å². The third-order valence-electron chi connectivity index (χ3n) is 2.19. The van der Waals surface area contributed by atoms with Gasteiger partial charge in [0.05, 0.1) is 18.7 Å². The lowest BCUT2D eigenvalue weighted by molar-refractivity contribution is -0.149. The fourth-order valence-corrected chi connectivity index (χ4v) is 1.83. The van der Waals surface area contributed by atoms with E-state index in [4.69, 9.17) is 15.2 Å². The Hall–Kier alpha value is -0.950. The Labute approximate surface area is 105 Å². The molecular formula is C10H11BrF3NO2. The molecule has 0 heterocycles. The van der Waals surface area contributed by atoms with E-state index in [2.05, 4.69) is 15.9 Å². The van der Waals surface area contributed by atoms with E-state index < -0.39 is 12.2 Å². The fraction of sp³-hybridized carbons (Fsp3) is 0.400. The number of methoxy groups -OCH3 is 2. The average molecular weight is 314 g/mol. The third kappa shape index (κ3) is 3.04. The van der Waals surface area contributed by atoms with Gasteiger partial charge >= 0.3 is 6.18 Å². The second-order valence-electron chi connectivity index (χ2n) is 3.25. The molecule has 1 aromatic carbocycles. The molecule has 0 fully saturated rings. The van der Waals surface area contributed by atoms with E-state index in [-0.39, 0.29) is 11.3 Å². The lowest BCUT2D eigenvalue weighted by Gasteiger charge is -2.19. The highest BCUT2D eigenvalue weighted by Crippen LogP contribution is 2.40. The molecule has 0 bridgehead atoms. The van der Waals surface area contributed by atoms with Crippen LogP contribution >= 0.6 is 15.9 Å². The van der Waals surface area contributed by atoms with Crippen LogP contribution in [0.3, 0.4) is 0 Å². The molecule has 0 radical (unpaired) electrons. The maximum Gasteiger partial charge on any atom is 0.407 e. The molecule has 1 rings (SSSR count). The van der Waals surface area contributed by atoms with Crippen molar-refractivity contribution in [1.82, 2.24) is 0 Å². The first-order valence-electron chi connectivity index (χ1n) is 4.55. The lowest BCUT2D eigenvalue weighted by Crippen LogP contribution is -2.28. The van der Waals surface area contributed by atoms with Crippen LogP contribution < -0.4 is 15.2 Å². The van der Waals surface area contributed by atoms with Crippen LogP contribution in [0.15, 0.2) is 16.6 Å². The second-order valence-corrected chi connectivity index (χ2v) is 4.10. The highest BCUT2D eigenvalue weighted by Gasteiger charge is 2.39. The summed E-state index contributed by atoms with van der Waals surface area (Å²) in [6.45, 7) is 0. The summed E-state index contributed by atoms with van der Waals surface area (Å²) in [6, 6.07) is 0.501. The number of nitrogens with two attached hydrogens (primary N) is 1. The van der Waals surface area contributed by atoms with Gasteiger partial charge in [0, 0.05) is 11.6 Å². The normalized spacial score (nSPS) is 13.4. The molecule has 0 unspecified atom stereocenters. The van der Waals surface area contributed by atoms with Crippen LogP contribution in [0, 0.1) is 0 Å². The minimum absolute atomic E-state index is 0.0369. The Morgan fingerprint density at radius 3 is 2.12 bits per heavy atom. The predicted octanol–water partition coefficient (Wildman–Crippen LogP) is 3.03. The third-order valence-corrected chi connectivity index (χ3v) is 2.81. The van der Waals surface area contributed by atoms with Crippen molar-refractivity contribution in [1.29, 1.82) is 0 Å². The molecule has 1 aromatic rings. The molecule has 0 aromatic heterocycles. The zero-order valence-corrected chi connectivity index (χ0v) is 10.7. The van der Waals surface area contributed by atoms with Gasteiger partial charge in [0.1, 0.15) is 17.5 Å². The number of benzene rings is 1. The molecule has 96 valence electrons. The first-order valence-corrected chi connectivity index (χ1v) is 5.34. The molecule has 2 N–H and O–H groups in total. The zero-order chi connectivity index (χ0) is 13.2. The van der Waals surface area contributed by atoms with Crippen LogP contribution in [0.4, 0.5) is 13.2 Å². The number of rotatable bonds is 3. The Kier molecular flexibility index (Phi) is 4.26. The van der Waals surface area contributed by atoms with Gasteiger partial charge in [-0.3, -0.25) is 0 Å². The second kappa shape index (κ2) is 5.14. The molecule has 0 spiro atoms. The van der Waals surface area contributed by atoms with E-state index in [1.165, 1.54) is 26.4 Å². The van der Waals surface area contributed by atoms with Gasteiger partial charge in [-0.1, -0.05) is 0 Å². The van der Waals surface area contributed by atoms with Gasteiger partial charge in [0.2, 0.25) is 0 Å². The van der Waals surface area contributed by atoms with Crippen LogP contribution in [-0.4, -0.2) is 20.4 Å². The molecule has 1 atom stereocenters. The Morgan fingerprint density at radius 1 is 1.18 bits per heavy atom. The summed E-state index contributed by atoms with van der Waals surface area (Å²) >= 11 is 3.10. The van der Waals surface area contributed by atoms with E-state index in [1.807, 2.05) is 0 Å². The van der Waals surface area contributed by atoms with Crippen molar-refractivity contribution >= 4 is 15.9 Å². The van der Waals surface area contributed by atoms with Gasteiger partial charge in [-0.15, -0.1) is 0 Å². The summed E-state index contributed by atoms with van der Waals surface area (Å²) in [4.78, 5) is 0. The summed E-state index contributed by atoms with van der Waals surface area (Å²) in [7, 11) is 2.68. The molecule has 3 nitrogen and oxygen atoms in total. The summed E-state index contributed by atoms with van der Waals surface area (Å²) in [5, 5.41) is 0. The van der Waals surface area contributed by atoms with E-state index in [0.717, 1.165) is 0 Å². The molecule has 17 heavy (non-hydrogen) atoms. The standard InChI is InChI=1S/C10H11BrF3NO2/c1-16-7-4-8(17-2)6(11)3-5(7)9(15)10(12,13)14/h3-4,9H,15H2,1-2H3/t9-/m0/s1. The van der Waals surface area contributed by atoms with Crippen molar-refractivity contribution in [2.24, 2.45) is 5.73 Å². The Balaban J connectivity index is 3.28. The first kappa shape index (κ1) is 14.1. The SMILES string of the molecule is COc1cc(OC)c([C@H](N)C(F)(F)F)cc1Br. The van der Waals surface area contributed by atoms with E-state index in [1.54, 1.807) is 0 Å². The van der Waals surface area contributed by atoms with E-state index >= 15 is 0 Å². The summed E-state index contributed by atoms with van der Waals surface area (Å²) in [5.41, 5.74) is 5.00. The van der Waals surface area contributed by atoms with Crippen LogP contribution in [-0.2, 0) is 0 Å². The number of hydrogen-bond donors (Lipinski definition) is 1. The smallest absolute Gasteiger partial charge is 0.407 e. The van der Waals surface area contributed by atoms with Gasteiger partial charge < -0.3 is 15.2 Å². The molecule has 0 aliphatic carbocycles. The average Bonchev–Trinajstić information content (AvgIpc) is 2.26. The summed E-state index contributed by atoms with van der Waals surface area (Å²) in [5.74, 6) is 0.412. The van der Waals surface area contributed by atoms with Crippen LogP contribution in [0.2, 0.25) is 0 Å². The largest absolute Gasteiger partial charge is 0.496 e. The van der Waals surface area contributed by atoms with Gasteiger partial charge in [0.25, 0.3) is 0 Å². The van der Waals surface area contributed by atoms with Crippen molar-refractivity contribution in [2.75, 3.05) is 14.2 Å². The molecule has 0 saturated heterocycles. The van der Waals surface area contributed by atoms with Crippen LogP contribution in [0.25, 0.3) is 0 Å². The van der Waals surface area contributed by atoms with Crippen LogP contribution in [0.1, 0.15) is 11.6 Å². The minimum atomic E-state index is -4.53. The highest BCUT2D eigenvalue weighted by molar-refractivity contribution is 9.10. The number of ether oxygens (including phenoxy) is 2. The van der Waals surface area contributed by atoms with Crippen molar-refractivity contribution < 1.29 is 22.6 Å².